The van der Waals surface area contributed by atoms with Crippen LogP contribution in [0.2, 0.25) is 0 Å². The molecule has 6 rings (SSSR count). The van der Waals surface area contributed by atoms with Crippen molar-refractivity contribution in [1.82, 2.24) is 14.8 Å². The molecule has 1 aromatic heterocycles. The van der Waals surface area contributed by atoms with Crippen molar-refractivity contribution < 1.29 is 4.74 Å². The van der Waals surface area contributed by atoms with E-state index in [1.807, 2.05) is 35.0 Å². The van der Waals surface area contributed by atoms with Gasteiger partial charge in [-0.25, -0.2) is 4.68 Å². The molecule has 2 aliphatic rings. The number of fused-ring (bicyclic) bond motifs is 3. The first-order valence-corrected chi connectivity index (χ1v) is 11.5. The lowest BCUT2D eigenvalue weighted by Crippen LogP contribution is -2.32. The van der Waals surface area contributed by atoms with Crippen molar-refractivity contribution in [3.8, 4) is 5.75 Å². The quantitative estimate of drug-likeness (QED) is 0.324. The van der Waals surface area contributed by atoms with Crippen LogP contribution in [0.25, 0.3) is 5.70 Å². The summed E-state index contributed by atoms with van der Waals surface area (Å²) < 4.78 is 10.6. The number of anilines is 1. The molecular weight excluding hydrogens is 520 g/mol. The van der Waals surface area contributed by atoms with E-state index in [4.69, 9.17) is 4.74 Å². The first-order chi connectivity index (χ1) is 15.2. The number of hydrogen-bond donors (Lipinski definition) is 1. The SMILES string of the molecule is Brc1ccc(C2C3=C(Nc4ncnn42)c2ccccc2OC3c2cccc(Br)c2)cc1. The molecule has 2 aliphatic heterocycles. The van der Waals surface area contributed by atoms with Gasteiger partial charge in [-0.1, -0.05) is 68.3 Å². The van der Waals surface area contributed by atoms with Gasteiger partial charge >= 0.3 is 0 Å². The molecule has 3 heterocycles. The molecule has 0 saturated heterocycles. The summed E-state index contributed by atoms with van der Waals surface area (Å²) in [6.07, 6.45) is 1.31. The normalized spacial score (nSPS) is 19.0. The van der Waals surface area contributed by atoms with Crippen LogP contribution in [0.3, 0.4) is 0 Å². The van der Waals surface area contributed by atoms with Gasteiger partial charge in [-0.05, 0) is 47.5 Å². The van der Waals surface area contributed by atoms with E-state index < -0.39 is 0 Å². The average molecular weight is 536 g/mol. The highest BCUT2D eigenvalue weighted by Crippen LogP contribution is 2.50. The molecule has 7 heteroatoms. The number of aromatic nitrogens is 3. The standard InChI is InChI=1S/C24H16Br2N4O/c25-16-10-8-14(9-11-16)22-20-21(29-24-27-13-28-30(22)24)18-6-1-2-7-19(18)31-23(20)15-4-3-5-17(26)12-15/h1-13,22-23H,(H,27,28,29). The van der Waals surface area contributed by atoms with Gasteiger partial charge in [0.05, 0.1) is 5.70 Å². The van der Waals surface area contributed by atoms with Gasteiger partial charge in [-0.3, -0.25) is 0 Å². The second-order valence-corrected chi connectivity index (χ2v) is 9.32. The number of benzene rings is 3. The highest BCUT2D eigenvalue weighted by molar-refractivity contribution is 9.10. The summed E-state index contributed by atoms with van der Waals surface area (Å²) in [6.45, 7) is 0. The van der Waals surface area contributed by atoms with Crippen LogP contribution in [0.4, 0.5) is 5.95 Å². The van der Waals surface area contributed by atoms with Gasteiger partial charge in [0.15, 0.2) is 0 Å². The molecule has 0 saturated carbocycles. The van der Waals surface area contributed by atoms with Crippen molar-refractivity contribution in [2.24, 2.45) is 0 Å². The number of nitrogens with zero attached hydrogens (tertiary/aromatic N) is 3. The maximum atomic E-state index is 6.62. The zero-order valence-electron chi connectivity index (χ0n) is 16.2. The van der Waals surface area contributed by atoms with E-state index in [1.165, 1.54) is 0 Å². The minimum atomic E-state index is -0.277. The lowest BCUT2D eigenvalue weighted by molar-refractivity contribution is 0.223. The predicted molar refractivity (Wildman–Crippen MR) is 127 cm³/mol. The Balaban J connectivity index is 1.63. The summed E-state index contributed by atoms with van der Waals surface area (Å²) in [5.74, 6) is 1.57. The Kier molecular flexibility index (Phi) is 4.47. The lowest BCUT2D eigenvalue weighted by Gasteiger charge is -2.39. The number of halogens is 2. The van der Waals surface area contributed by atoms with Gasteiger partial charge < -0.3 is 10.1 Å². The molecule has 3 aromatic carbocycles. The molecule has 2 atom stereocenters. The van der Waals surface area contributed by atoms with E-state index in [1.54, 1.807) is 6.33 Å². The van der Waals surface area contributed by atoms with Crippen molar-refractivity contribution in [1.29, 1.82) is 0 Å². The Morgan fingerprint density at radius 3 is 2.55 bits per heavy atom. The summed E-state index contributed by atoms with van der Waals surface area (Å²) in [7, 11) is 0. The van der Waals surface area contributed by atoms with E-state index in [-0.39, 0.29) is 12.1 Å². The molecule has 0 fully saturated rings. The minimum absolute atomic E-state index is 0.154. The van der Waals surface area contributed by atoms with Crippen LogP contribution in [0.1, 0.15) is 28.8 Å². The van der Waals surface area contributed by atoms with Gasteiger partial charge in [-0.15, -0.1) is 0 Å². The molecular formula is C24H16Br2N4O. The van der Waals surface area contributed by atoms with Gasteiger partial charge in [0.1, 0.15) is 24.2 Å². The fourth-order valence-electron chi connectivity index (χ4n) is 4.33. The van der Waals surface area contributed by atoms with E-state index in [9.17, 15) is 0 Å². The molecule has 0 radical (unpaired) electrons. The van der Waals surface area contributed by atoms with Crippen LogP contribution in [0.5, 0.6) is 5.75 Å². The second kappa shape index (κ2) is 7.35. The monoisotopic (exact) mass is 534 g/mol. The van der Waals surface area contributed by atoms with Crippen molar-refractivity contribution in [3.63, 3.8) is 0 Å². The van der Waals surface area contributed by atoms with Crippen LogP contribution in [0, 0.1) is 0 Å². The Bertz CT molecular complexity index is 1330. The van der Waals surface area contributed by atoms with Gasteiger partial charge in [0.2, 0.25) is 5.95 Å². The number of para-hydroxylation sites is 1. The Hall–Kier alpha value is -2.90. The van der Waals surface area contributed by atoms with Gasteiger partial charge in [0.25, 0.3) is 0 Å². The summed E-state index contributed by atoms with van der Waals surface area (Å²) in [5, 5.41) is 8.09. The van der Waals surface area contributed by atoms with Crippen molar-refractivity contribution in [3.05, 3.63) is 110 Å². The summed E-state index contributed by atoms with van der Waals surface area (Å²) in [6, 6.07) is 24.6. The third-order valence-corrected chi connectivity index (χ3v) is 6.68. The Labute approximate surface area is 196 Å². The summed E-state index contributed by atoms with van der Waals surface area (Å²) >= 11 is 7.17. The van der Waals surface area contributed by atoms with Gasteiger partial charge in [0, 0.05) is 20.1 Å². The van der Waals surface area contributed by atoms with Crippen LogP contribution >= 0.6 is 31.9 Å². The van der Waals surface area contributed by atoms with Crippen LogP contribution in [-0.4, -0.2) is 14.8 Å². The van der Waals surface area contributed by atoms with Crippen LogP contribution in [0.15, 0.2) is 93.6 Å². The Morgan fingerprint density at radius 2 is 1.71 bits per heavy atom. The molecule has 152 valence electrons. The van der Waals surface area contributed by atoms with Crippen LogP contribution < -0.4 is 10.1 Å². The first kappa shape index (κ1) is 18.8. The van der Waals surface area contributed by atoms with Crippen LogP contribution in [-0.2, 0) is 0 Å². The molecule has 0 spiro atoms. The summed E-state index contributed by atoms with van der Waals surface area (Å²) in [4.78, 5) is 4.47. The second-order valence-electron chi connectivity index (χ2n) is 7.49. The highest BCUT2D eigenvalue weighted by atomic mass is 79.9. The van der Waals surface area contributed by atoms with Crippen molar-refractivity contribution in [2.75, 3.05) is 5.32 Å². The maximum Gasteiger partial charge on any atom is 0.226 e. The first-order valence-electron chi connectivity index (χ1n) is 9.86. The molecule has 0 aliphatic carbocycles. The van der Waals surface area contributed by atoms with Gasteiger partial charge in [-0.2, -0.15) is 10.1 Å². The zero-order valence-corrected chi connectivity index (χ0v) is 19.3. The largest absolute Gasteiger partial charge is 0.480 e. The predicted octanol–water partition coefficient (Wildman–Crippen LogP) is 6.36. The molecule has 0 bridgehead atoms. The van der Waals surface area contributed by atoms with E-state index >= 15 is 0 Å². The Morgan fingerprint density at radius 1 is 0.871 bits per heavy atom. The van der Waals surface area contributed by atoms with E-state index in [2.05, 4.69) is 89.7 Å². The third-order valence-electron chi connectivity index (χ3n) is 5.66. The third kappa shape index (κ3) is 3.11. The molecule has 1 N–H and O–H groups in total. The number of ether oxygens (including phenoxy) is 1. The summed E-state index contributed by atoms with van der Waals surface area (Å²) in [5.41, 5.74) is 5.35. The highest BCUT2D eigenvalue weighted by Gasteiger charge is 2.40. The molecule has 2 unspecified atom stereocenters. The number of rotatable bonds is 2. The fourth-order valence-corrected chi connectivity index (χ4v) is 5.01. The van der Waals surface area contributed by atoms with Crippen molar-refractivity contribution in [2.45, 2.75) is 12.1 Å². The molecule has 4 aromatic rings. The fraction of sp³-hybridized carbons (Fsp3) is 0.0833. The minimum Gasteiger partial charge on any atom is -0.480 e. The topological polar surface area (TPSA) is 52.0 Å². The maximum absolute atomic E-state index is 6.62. The number of nitrogens with one attached hydrogen (secondary N) is 1. The van der Waals surface area contributed by atoms with Crippen molar-refractivity contribution >= 4 is 43.5 Å². The number of hydrogen-bond acceptors (Lipinski definition) is 4. The lowest BCUT2D eigenvalue weighted by atomic mass is 9.84. The average Bonchev–Trinajstić information content (AvgIpc) is 3.26. The molecule has 5 nitrogen and oxygen atoms in total. The van der Waals surface area contributed by atoms with E-state index in [0.29, 0.717) is 0 Å². The smallest absolute Gasteiger partial charge is 0.226 e. The van der Waals surface area contributed by atoms with E-state index in [0.717, 1.165) is 48.6 Å². The zero-order chi connectivity index (χ0) is 20.9. The molecule has 31 heavy (non-hydrogen) atoms. The molecule has 0 amide bonds.